The van der Waals surface area contributed by atoms with E-state index in [1.807, 2.05) is 0 Å². The van der Waals surface area contributed by atoms with Crippen molar-refractivity contribution < 1.29 is 47.0 Å². The third-order valence-electron chi connectivity index (χ3n) is 5.37. The first-order valence-electron chi connectivity index (χ1n) is 10.4. The minimum absolute atomic E-state index is 0.0611. The zero-order valence-electron chi connectivity index (χ0n) is 18.8. The molecular formula is C20H27FN3O9P. The Hall–Kier alpha value is -2.57. The van der Waals surface area contributed by atoms with Gasteiger partial charge in [-0.25, -0.2) is 13.8 Å². The van der Waals surface area contributed by atoms with Crippen molar-refractivity contribution in [3.63, 3.8) is 0 Å². The molecule has 2 fully saturated rings. The molecule has 6 atom stereocenters. The van der Waals surface area contributed by atoms with Gasteiger partial charge in [-0.2, -0.15) is 5.09 Å². The molecule has 0 spiro atoms. The van der Waals surface area contributed by atoms with Crippen LogP contribution in [0.4, 0.5) is 9.18 Å². The highest BCUT2D eigenvalue weighted by molar-refractivity contribution is 7.52. The number of aliphatic hydroxyl groups is 1. The van der Waals surface area contributed by atoms with Gasteiger partial charge in [0.15, 0.2) is 11.9 Å². The smallest absolute Gasteiger partial charge is 0.459 e. The topological polar surface area (TPSA) is 153 Å². The van der Waals surface area contributed by atoms with E-state index >= 15 is 4.39 Å². The van der Waals surface area contributed by atoms with Crippen LogP contribution in [0.3, 0.4) is 0 Å². The Kier molecular flexibility index (Phi) is 7.94. The zero-order valence-corrected chi connectivity index (χ0v) is 19.7. The maximum absolute atomic E-state index is 15.4. The summed E-state index contributed by atoms with van der Waals surface area (Å²) in [6.07, 6.45) is -4.71. The lowest BCUT2D eigenvalue weighted by atomic mass is 9.97. The minimum Gasteiger partial charge on any atom is -0.468 e. The number of urea groups is 1. The Bertz CT molecular complexity index is 964. The van der Waals surface area contributed by atoms with Crippen LogP contribution in [-0.4, -0.2) is 78.3 Å². The highest BCUT2D eigenvalue weighted by Gasteiger charge is 2.58. The normalized spacial score (nSPS) is 29.8. The van der Waals surface area contributed by atoms with E-state index in [9.17, 15) is 24.1 Å². The van der Waals surface area contributed by atoms with E-state index < -0.39 is 62.4 Å². The first-order valence-corrected chi connectivity index (χ1v) is 12.0. The molecular weight excluding hydrogens is 476 g/mol. The predicted octanol–water partition coefficient (Wildman–Crippen LogP) is 1.10. The molecule has 34 heavy (non-hydrogen) atoms. The van der Waals surface area contributed by atoms with Gasteiger partial charge in [-0.3, -0.25) is 24.3 Å². The fourth-order valence-corrected chi connectivity index (χ4v) is 5.04. The molecule has 0 aromatic heterocycles. The molecule has 1 aromatic rings. The van der Waals surface area contributed by atoms with Crippen LogP contribution < -0.4 is 14.9 Å². The summed E-state index contributed by atoms with van der Waals surface area (Å²) in [4.78, 5) is 36.3. The van der Waals surface area contributed by atoms with Crippen LogP contribution in [0.25, 0.3) is 0 Å². The number of halogens is 1. The summed E-state index contributed by atoms with van der Waals surface area (Å²) < 4.78 is 49.8. The number of hydrogen-bond donors (Lipinski definition) is 3. The number of carbonyl (C=O) groups excluding carboxylic acids is 3. The molecule has 14 heteroatoms. The molecule has 0 saturated carbocycles. The third-order valence-corrected chi connectivity index (χ3v) is 7.01. The summed E-state index contributed by atoms with van der Waals surface area (Å²) in [6.45, 7) is 1.70. The molecule has 3 N–H and O–H groups in total. The predicted molar refractivity (Wildman–Crippen MR) is 114 cm³/mol. The number of carbonyl (C=O) groups is 3. The van der Waals surface area contributed by atoms with Crippen LogP contribution in [0.1, 0.15) is 20.3 Å². The van der Waals surface area contributed by atoms with Gasteiger partial charge in [-0.05, 0) is 26.0 Å². The van der Waals surface area contributed by atoms with Crippen LogP contribution in [-0.2, 0) is 28.2 Å². The highest BCUT2D eigenvalue weighted by atomic mass is 31.2. The van der Waals surface area contributed by atoms with Crippen LogP contribution in [0.2, 0.25) is 0 Å². The molecule has 2 aliphatic rings. The molecule has 3 amide bonds. The SMILES string of the molecule is COC(=O)[C@H](C)NP(=O)(OC[C@H]1O[C@@H](N2CCC(=O)NC2=O)[C@](C)(F)[C@@H]1O)Oc1ccccc1. The summed E-state index contributed by atoms with van der Waals surface area (Å²) in [5.74, 6) is -1.09. The Labute approximate surface area is 195 Å². The van der Waals surface area contributed by atoms with Crippen LogP contribution >= 0.6 is 7.75 Å². The first kappa shape index (κ1) is 26.0. The average molecular weight is 503 g/mol. The number of nitrogens with zero attached hydrogens (tertiary/aromatic N) is 1. The molecule has 12 nitrogen and oxygen atoms in total. The second-order valence-electron chi connectivity index (χ2n) is 7.99. The van der Waals surface area contributed by atoms with Gasteiger partial charge in [0.1, 0.15) is 24.0 Å². The maximum Gasteiger partial charge on any atom is 0.459 e. The summed E-state index contributed by atoms with van der Waals surface area (Å²) in [6, 6.07) is 6.02. The van der Waals surface area contributed by atoms with Gasteiger partial charge in [0.25, 0.3) is 0 Å². The molecule has 2 heterocycles. The molecule has 3 rings (SSSR count). The number of amides is 3. The summed E-state index contributed by atoms with van der Waals surface area (Å²) in [5.41, 5.74) is -2.43. The van der Waals surface area contributed by atoms with E-state index in [2.05, 4.69) is 15.1 Å². The average Bonchev–Trinajstić information content (AvgIpc) is 3.01. The molecule has 0 bridgehead atoms. The number of ether oxygens (including phenoxy) is 2. The van der Waals surface area contributed by atoms with Crippen molar-refractivity contribution in [2.75, 3.05) is 20.3 Å². The van der Waals surface area contributed by atoms with Crippen molar-refractivity contribution >= 4 is 25.7 Å². The lowest BCUT2D eigenvalue weighted by Gasteiger charge is -2.35. The van der Waals surface area contributed by atoms with E-state index in [0.717, 1.165) is 18.9 Å². The molecule has 2 aliphatic heterocycles. The number of para-hydroxylation sites is 1. The Morgan fingerprint density at radius 2 is 2.09 bits per heavy atom. The van der Waals surface area contributed by atoms with Gasteiger partial charge in [0.05, 0.1) is 13.7 Å². The van der Waals surface area contributed by atoms with Gasteiger partial charge in [-0.1, -0.05) is 18.2 Å². The van der Waals surface area contributed by atoms with E-state index in [1.165, 1.54) is 19.1 Å². The van der Waals surface area contributed by atoms with Crippen molar-refractivity contribution in [1.29, 1.82) is 0 Å². The fourth-order valence-electron chi connectivity index (χ4n) is 3.54. The largest absolute Gasteiger partial charge is 0.468 e. The van der Waals surface area contributed by atoms with E-state index in [4.69, 9.17) is 13.8 Å². The van der Waals surface area contributed by atoms with Gasteiger partial charge < -0.3 is 19.1 Å². The summed E-state index contributed by atoms with van der Waals surface area (Å²) in [5, 5.41) is 15.0. The first-order chi connectivity index (χ1) is 16.0. The lowest BCUT2D eigenvalue weighted by Crippen LogP contribution is -2.59. The lowest BCUT2D eigenvalue weighted by molar-refractivity contribution is -0.142. The maximum atomic E-state index is 15.4. The summed E-state index contributed by atoms with van der Waals surface area (Å²) >= 11 is 0. The number of alkyl halides is 1. The number of nitrogens with one attached hydrogen (secondary N) is 2. The van der Waals surface area contributed by atoms with Gasteiger partial charge in [0.2, 0.25) is 5.91 Å². The van der Waals surface area contributed by atoms with Gasteiger partial charge in [-0.15, -0.1) is 0 Å². The third kappa shape index (κ3) is 5.73. The Balaban J connectivity index is 1.74. The number of rotatable bonds is 9. The monoisotopic (exact) mass is 503 g/mol. The van der Waals surface area contributed by atoms with Crippen molar-refractivity contribution in [3.05, 3.63) is 30.3 Å². The minimum atomic E-state index is -4.26. The van der Waals surface area contributed by atoms with Crippen molar-refractivity contribution in [2.24, 2.45) is 0 Å². The van der Waals surface area contributed by atoms with E-state index in [1.54, 1.807) is 18.2 Å². The van der Waals surface area contributed by atoms with Crippen LogP contribution in [0.15, 0.2) is 30.3 Å². The van der Waals surface area contributed by atoms with Crippen molar-refractivity contribution in [3.8, 4) is 5.75 Å². The fraction of sp³-hybridized carbons (Fsp3) is 0.550. The number of imide groups is 1. The number of esters is 1. The second kappa shape index (κ2) is 10.4. The molecule has 0 radical (unpaired) electrons. The molecule has 0 aliphatic carbocycles. The van der Waals surface area contributed by atoms with Crippen LogP contribution in [0.5, 0.6) is 5.75 Å². The van der Waals surface area contributed by atoms with Crippen LogP contribution in [0, 0.1) is 0 Å². The summed E-state index contributed by atoms with van der Waals surface area (Å²) in [7, 11) is -3.11. The Morgan fingerprint density at radius 3 is 2.71 bits per heavy atom. The Morgan fingerprint density at radius 1 is 1.41 bits per heavy atom. The molecule has 2 saturated heterocycles. The standard InChI is InChI=1S/C20H27FN3O9P/c1-12(17(27)30-3)23-34(29,33-13-7-5-4-6-8-13)31-11-14-16(26)20(2,21)18(32-14)24-10-9-15(25)22-19(24)28/h4-8,12,14,16,18,26H,9-11H2,1-3H3,(H,23,29)(H,22,25,28)/t12-,14+,16+,18+,20+,34?/m0/s1. The molecule has 1 aromatic carbocycles. The highest BCUT2D eigenvalue weighted by Crippen LogP contribution is 2.46. The second-order valence-corrected chi connectivity index (χ2v) is 9.69. The van der Waals surface area contributed by atoms with Gasteiger partial charge >= 0.3 is 19.7 Å². The number of aliphatic hydroxyl groups excluding tert-OH is 1. The van der Waals surface area contributed by atoms with Crippen molar-refractivity contribution in [1.82, 2.24) is 15.3 Å². The molecule has 1 unspecified atom stereocenters. The quantitative estimate of drug-likeness (QED) is 0.330. The number of methoxy groups -OCH3 is 1. The van der Waals surface area contributed by atoms with E-state index in [-0.39, 0.29) is 18.7 Å². The van der Waals surface area contributed by atoms with Crippen molar-refractivity contribution in [2.45, 2.75) is 50.4 Å². The zero-order chi connectivity index (χ0) is 25.1. The number of benzene rings is 1. The van der Waals surface area contributed by atoms with Gasteiger partial charge in [0, 0.05) is 13.0 Å². The van der Waals surface area contributed by atoms with E-state index in [0.29, 0.717) is 0 Å². The number of hydrogen-bond acceptors (Lipinski definition) is 9. The molecule has 188 valence electrons.